The molecular weight excluding hydrogens is 262 g/mol. The topological polar surface area (TPSA) is 59.2 Å². The average molecular weight is 282 g/mol. The summed E-state index contributed by atoms with van der Waals surface area (Å²) >= 11 is 0. The van der Waals surface area contributed by atoms with E-state index < -0.39 is 0 Å². The highest BCUT2D eigenvalue weighted by Gasteiger charge is 2.36. The summed E-state index contributed by atoms with van der Waals surface area (Å²) in [4.78, 5) is 18.4. The fourth-order valence-corrected chi connectivity index (χ4v) is 3.33. The van der Waals surface area contributed by atoms with E-state index in [9.17, 15) is 4.79 Å². The molecule has 3 rings (SSSR count). The second-order valence-corrected chi connectivity index (χ2v) is 5.48. The zero-order chi connectivity index (χ0) is 12.5. The van der Waals surface area contributed by atoms with E-state index in [0.29, 0.717) is 23.1 Å². The number of nitrogens with zero attached hydrogens (tertiary/aromatic N) is 2. The van der Waals surface area contributed by atoms with Crippen LogP contribution in [-0.2, 0) is 0 Å². The van der Waals surface area contributed by atoms with Gasteiger partial charge in [0.15, 0.2) is 0 Å². The maximum absolute atomic E-state index is 12.4. The molecule has 2 unspecified atom stereocenters. The summed E-state index contributed by atoms with van der Waals surface area (Å²) in [7, 11) is 0. The van der Waals surface area contributed by atoms with Gasteiger partial charge < -0.3 is 10.6 Å². The summed E-state index contributed by atoms with van der Waals surface area (Å²) in [6, 6.07) is 1.69. The molecule has 5 heteroatoms. The number of anilines is 1. The molecule has 4 nitrogen and oxygen atoms in total. The quantitative estimate of drug-likeness (QED) is 0.860. The predicted molar refractivity (Wildman–Crippen MR) is 77.2 cm³/mol. The van der Waals surface area contributed by atoms with Crippen molar-refractivity contribution in [2.24, 2.45) is 11.8 Å². The number of pyridine rings is 1. The molecule has 0 aromatic carbocycles. The largest absolute Gasteiger partial charge is 0.398 e. The maximum Gasteiger partial charge on any atom is 0.257 e. The molecule has 2 aliphatic rings. The normalized spacial score (nSPS) is 25.6. The van der Waals surface area contributed by atoms with Crippen LogP contribution >= 0.6 is 12.4 Å². The Bertz CT molecular complexity index is 452. The minimum Gasteiger partial charge on any atom is -0.398 e. The van der Waals surface area contributed by atoms with Gasteiger partial charge in [-0.25, -0.2) is 0 Å². The first kappa shape index (κ1) is 14.1. The minimum atomic E-state index is 0. The number of nitrogens with two attached hydrogens (primary N) is 1. The van der Waals surface area contributed by atoms with Crippen molar-refractivity contribution in [2.75, 3.05) is 18.8 Å². The Balaban J connectivity index is 0.00000133. The predicted octanol–water partition coefficient (Wildman–Crippen LogP) is 2.35. The molecule has 1 aromatic heterocycles. The van der Waals surface area contributed by atoms with Crippen LogP contribution in [0.1, 0.15) is 36.0 Å². The van der Waals surface area contributed by atoms with Crippen LogP contribution < -0.4 is 5.73 Å². The van der Waals surface area contributed by atoms with Crippen LogP contribution in [0.5, 0.6) is 0 Å². The second-order valence-electron chi connectivity index (χ2n) is 5.48. The first-order valence-electron chi connectivity index (χ1n) is 6.74. The Morgan fingerprint density at radius 3 is 2.47 bits per heavy atom. The van der Waals surface area contributed by atoms with Crippen LogP contribution in [0.3, 0.4) is 0 Å². The molecule has 0 bridgehead atoms. The third kappa shape index (κ3) is 2.68. The number of rotatable bonds is 1. The van der Waals surface area contributed by atoms with E-state index in [1.807, 2.05) is 4.90 Å². The van der Waals surface area contributed by atoms with E-state index in [-0.39, 0.29) is 18.3 Å². The molecular formula is C14H20ClN3O. The molecule has 2 atom stereocenters. The molecule has 104 valence electrons. The molecule has 1 saturated carbocycles. The number of carbonyl (C=O) groups excluding carboxylic acids is 1. The highest BCUT2D eigenvalue weighted by Crippen LogP contribution is 2.36. The van der Waals surface area contributed by atoms with Crippen LogP contribution in [-0.4, -0.2) is 28.9 Å². The van der Waals surface area contributed by atoms with E-state index in [1.54, 1.807) is 18.5 Å². The molecule has 1 aliphatic heterocycles. The fourth-order valence-electron chi connectivity index (χ4n) is 3.33. The molecule has 1 saturated heterocycles. The number of hydrogen-bond acceptors (Lipinski definition) is 3. The Morgan fingerprint density at radius 2 is 1.89 bits per heavy atom. The fraction of sp³-hybridized carbons (Fsp3) is 0.571. The van der Waals surface area contributed by atoms with Crippen LogP contribution in [0.25, 0.3) is 0 Å². The molecule has 2 fully saturated rings. The van der Waals surface area contributed by atoms with Gasteiger partial charge >= 0.3 is 0 Å². The summed E-state index contributed by atoms with van der Waals surface area (Å²) in [5, 5.41) is 0. The summed E-state index contributed by atoms with van der Waals surface area (Å²) in [6.07, 6.45) is 8.39. The van der Waals surface area contributed by atoms with Gasteiger partial charge in [0, 0.05) is 31.2 Å². The number of nitrogen functional groups attached to an aromatic ring is 1. The Labute approximate surface area is 119 Å². The molecule has 2 heterocycles. The van der Waals surface area contributed by atoms with Crippen molar-refractivity contribution >= 4 is 24.0 Å². The first-order valence-corrected chi connectivity index (χ1v) is 6.74. The number of halogens is 1. The smallest absolute Gasteiger partial charge is 0.257 e. The number of likely N-dealkylation sites (tertiary alicyclic amines) is 1. The van der Waals surface area contributed by atoms with Gasteiger partial charge in [0.2, 0.25) is 0 Å². The van der Waals surface area contributed by atoms with Crippen molar-refractivity contribution < 1.29 is 4.79 Å². The number of fused-ring (bicyclic) bond motifs is 1. The summed E-state index contributed by atoms with van der Waals surface area (Å²) in [5.74, 6) is 1.47. The highest BCUT2D eigenvalue weighted by atomic mass is 35.5. The van der Waals surface area contributed by atoms with Gasteiger partial charge in [0.05, 0.1) is 5.56 Å². The molecule has 1 aliphatic carbocycles. The van der Waals surface area contributed by atoms with Crippen LogP contribution in [0, 0.1) is 11.8 Å². The highest BCUT2D eigenvalue weighted by molar-refractivity contribution is 5.98. The van der Waals surface area contributed by atoms with Crippen molar-refractivity contribution in [3.05, 3.63) is 24.0 Å². The number of amides is 1. The Morgan fingerprint density at radius 1 is 1.26 bits per heavy atom. The molecule has 1 aromatic rings. The number of carbonyl (C=O) groups is 1. The van der Waals surface area contributed by atoms with Crippen LogP contribution in [0.4, 0.5) is 5.69 Å². The van der Waals surface area contributed by atoms with Crippen molar-refractivity contribution in [1.82, 2.24) is 9.88 Å². The van der Waals surface area contributed by atoms with E-state index in [0.717, 1.165) is 13.1 Å². The standard InChI is InChI=1S/C14H19N3O.ClH/c15-13-5-6-16-7-12(13)14(18)17-8-10-3-1-2-4-11(10)9-17;/h5-7,10-11H,1-4,8-9H2,(H2,15,16);1H. The first-order chi connectivity index (χ1) is 8.75. The third-order valence-corrected chi connectivity index (χ3v) is 4.35. The third-order valence-electron chi connectivity index (χ3n) is 4.35. The lowest BCUT2D eigenvalue weighted by molar-refractivity contribution is 0.0784. The Kier molecular flexibility index (Phi) is 4.30. The van der Waals surface area contributed by atoms with E-state index in [4.69, 9.17) is 5.73 Å². The lowest BCUT2D eigenvalue weighted by Crippen LogP contribution is -2.29. The minimum absolute atomic E-state index is 0. The lowest BCUT2D eigenvalue weighted by Gasteiger charge is -2.22. The zero-order valence-corrected chi connectivity index (χ0v) is 11.7. The molecule has 0 spiro atoms. The lowest BCUT2D eigenvalue weighted by atomic mass is 9.82. The van der Waals surface area contributed by atoms with E-state index in [2.05, 4.69) is 4.98 Å². The van der Waals surface area contributed by atoms with Gasteiger partial charge in [0.25, 0.3) is 5.91 Å². The molecule has 2 N–H and O–H groups in total. The van der Waals surface area contributed by atoms with Gasteiger partial charge in [-0.2, -0.15) is 0 Å². The molecule has 19 heavy (non-hydrogen) atoms. The summed E-state index contributed by atoms with van der Waals surface area (Å²) in [5.41, 5.74) is 6.93. The summed E-state index contributed by atoms with van der Waals surface area (Å²) in [6.45, 7) is 1.80. The maximum atomic E-state index is 12.4. The van der Waals surface area contributed by atoms with Gasteiger partial charge in [-0.15, -0.1) is 12.4 Å². The molecule has 0 radical (unpaired) electrons. The average Bonchev–Trinajstić information content (AvgIpc) is 2.82. The van der Waals surface area contributed by atoms with Gasteiger partial charge in [-0.05, 0) is 30.7 Å². The van der Waals surface area contributed by atoms with Gasteiger partial charge in [-0.1, -0.05) is 12.8 Å². The van der Waals surface area contributed by atoms with Crippen LogP contribution in [0.2, 0.25) is 0 Å². The Hall–Kier alpha value is -1.29. The van der Waals surface area contributed by atoms with E-state index in [1.165, 1.54) is 25.7 Å². The van der Waals surface area contributed by atoms with Crippen molar-refractivity contribution in [3.63, 3.8) is 0 Å². The SMILES string of the molecule is Cl.Nc1ccncc1C(=O)N1CC2CCCCC2C1. The second kappa shape index (κ2) is 5.78. The van der Waals surface area contributed by atoms with Crippen molar-refractivity contribution in [1.29, 1.82) is 0 Å². The van der Waals surface area contributed by atoms with Gasteiger partial charge in [0.1, 0.15) is 0 Å². The summed E-state index contributed by atoms with van der Waals surface area (Å²) < 4.78 is 0. The van der Waals surface area contributed by atoms with Crippen LogP contribution in [0.15, 0.2) is 18.5 Å². The number of aromatic nitrogens is 1. The molecule has 1 amide bonds. The monoisotopic (exact) mass is 281 g/mol. The van der Waals surface area contributed by atoms with Gasteiger partial charge in [-0.3, -0.25) is 9.78 Å². The van der Waals surface area contributed by atoms with Crippen molar-refractivity contribution in [2.45, 2.75) is 25.7 Å². The zero-order valence-electron chi connectivity index (χ0n) is 10.9. The van der Waals surface area contributed by atoms with Crippen molar-refractivity contribution in [3.8, 4) is 0 Å². The van der Waals surface area contributed by atoms with E-state index >= 15 is 0 Å². The number of hydrogen-bond donors (Lipinski definition) is 1.